The number of carbonyl (C=O) groups is 2. The fourth-order valence-corrected chi connectivity index (χ4v) is 4.26. The zero-order valence-corrected chi connectivity index (χ0v) is 19.3. The Morgan fingerprint density at radius 3 is 2.44 bits per heavy atom. The highest BCUT2D eigenvalue weighted by atomic mass is 19.1. The summed E-state index contributed by atoms with van der Waals surface area (Å²) < 4.78 is 15.0. The number of halogens is 1. The van der Waals surface area contributed by atoms with Gasteiger partial charge in [-0.25, -0.2) is 9.07 Å². The van der Waals surface area contributed by atoms with Crippen LogP contribution in [0.25, 0.3) is 11.8 Å². The van der Waals surface area contributed by atoms with E-state index in [2.05, 4.69) is 15.3 Å². The Labute approximate surface area is 198 Å². The molecular formula is C26H28FN5O2. The van der Waals surface area contributed by atoms with Crippen molar-refractivity contribution in [3.8, 4) is 5.69 Å². The number of benzene rings is 2. The van der Waals surface area contributed by atoms with Crippen molar-refractivity contribution in [3.05, 3.63) is 76.9 Å². The molecule has 2 heterocycles. The van der Waals surface area contributed by atoms with Gasteiger partial charge < -0.3 is 16.0 Å². The summed E-state index contributed by atoms with van der Waals surface area (Å²) in [6, 6.07) is 11.2. The third kappa shape index (κ3) is 5.01. The van der Waals surface area contributed by atoms with Crippen LogP contribution in [0.15, 0.2) is 48.5 Å². The van der Waals surface area contributed by atoms with Crippen molar-refractivity contribution in [2.24, 2.45) is 5.73 Å². The number of amides is 2. The summed E-state index contributed by atoms with van der Waals surface area (Å²) in [6.45, 7) is 5.55. The van der Waals surface area contributed by atoms with Gasteiger partial charge >= 0.3 is 0 Å². The smallest absolute Gasteiger partial charge is 0.248 e. The Morgan fingerprint density at radius 2 is 1.76 bits per heavy atom. The number of hydrogen-bond donors (Lipinski definition) is 2. The van der Waals surface area contributed by atoms with Crippen molar-refractivity contribution in [2.45, 2.75) is 33.1 Å². The predicted octanol–water partition coefficient (Wildman–Crippen LogP) is 4.37. The highest BCUT2D eigenvalue weighted by Gasteiger charge is 2.17. The highest BCUT2D eigenvalue weighted by molar-refractivity contribution is 6.05. The highest BCUT2D eigenvalue weighted by Crippen LogP contribution is 2.30. The number of aromatic nitrogens is 2. The summed E-state index contributed by atoms with van der Waals surface area (Å²) >= 11 is 0. The number of anilines is 2. The Bertz CT molecular complexity index is 1240. The Balaban J connectivity index is 1.57. The van der Waals surface area contributed by atoms with E-state index in [1.54, 1.807) is 35.0 Å². The molecule has 2 aromatic carbocycles. The lowest BCUT2D eigenvalue weighted by Gasteiger charge is -2.30. The van der Waals surface area contributed by atoms with E-state index in [4.69, 9.17) is 5.73 Å². The van der Waals surface area contributed by atoms with Gasteiger partial charge in [0.15, 0.2) is 0 Å². The first-order chi connectivity index (χ1) is 16.3. The first-order valence-corrected chi connectivity index (χ1v) is 11.3. The number of nitrogens with one attached hydrogen (secondary N) is 1. The SMILES string of the molecule is Cc1nn(-c2ccc(F)cc2)c(C)c1/C=C/C(=O)Nc1cc(C(N)=O)ccc1N1CCCCC1. The number of rotatable bonds is 6. The first-order valence-electron chi connectivity index (χ1n) is 11.3. The van der Waals surface area contributed by atoms with E-state index in [-0.39, 0.29) is 11.7 Å². The quantitative estimate of drug-likeness (QED) is 0.533. The number of nitrogens with two attached hydrogens (primary N) is 1. The maximum absolute atomic E-state index is 13.3. The number of carbonyl (C=O) groups excluding carboxylic acids is 2. The standard InChI is InChI=1S/C26H28FN5O2/c1-17-22(18(2)32(30-17)21-9-7-20(27)8-10-21)11-13-25(33)29-23-16-19(26(28)34)6-12-24(23)31-14-4-3-5-15-31/h6-13,16H,3-5,14-15H2,1-2H3,(H2,28,34)(H,29,33)/b13-11+. The van der Waals surface area contributed by atoms with E-state index in [0.29, 0.717) is 11.3 Å². The lowest BCUT2D eigenvalue weighted by Crippen LogP contribution is -2.30. The van der Waals surface area contributed by atoms with Crippen LogP contribution in [0.2, 0.25) is 0 Å². The summed E-state index contributed by atoms with van der Waals surface area (Å²) in [6.07, 6.45) is 6.52. The molecule has 7 nitrogen and oxygen atoms in total. The largest absolute Gasteiger partial charge is 0.370 e. The minimum atomic E-state index is -0.546. The van der Waals surface area contributed by atoms with Crippen LogP contribution in [0.3, 0.4) is 0 Å². The second kappa shape index (κ2) is 9.91. The lowest BCUT2D eigenvalue weighted by atomic mass is 10.1. The molecule has 1 fully saturated rings. The Hall–Kier alpha value is -3.94. The van der Waals surface area contributed by atoms with Crippen molar-refractivity contribution in [2.75, 3.05) is 23.3 Å². The maximum atomic E-state index is 13.3. The Morgan fingerprint density at radius 1 is 1.06 bits per heavy atom. The van der Waals surface area contributed by atoms with Crippen LogP contribution >= 0.6 is 0 Å². The molecule has 1 aliphatic heterocycles. The van der Waals surface area contributed by atoms with Gasteiger partial charge in [0.1, 0.15) is 5.82 Å². The molecule has 0 bridgehead atoms. The zero-order chi connectivity index (χ0) is 24.2. The monoisotopic (exact) mass is 461 g/mol. The molecular weight excluding hydrogens is 433 g/mol. The van der Waals surface area contributed by atoms with Crippen molar-refractivity contribution in [1.29, 1.82) is 0 Å². The van der Waals surface area contributed by atoms with Gasteiger partial charge in [0.05, 0.1) is 22.8 Å². The van der Waals surface area contributed by atoms with Gasteiger partial charge in [-0.05, 0) is 81.7 Å². The topological polar surface area (TPSA) is 93.2 Å². The van der Waals surface area contributed by atoms with Crippen LogP contribution in [-0.2, 0) is 4.79 Å². The molecule has 34 heavy (non-hydrogen) atoms. The lowest BCUT2D eigenvalue weighted by molar-refractivity contribution is -0.111. The Kier molecular flexibility index (Phi) is 6.77. The molecule has 4 rings (SSSR count). The third-order valence-electron chi connectivity index (χ3n) is 6.06. The number of nitrogens with zero attached hydrogens (tertiary/aromatic N) is 3. The van der Waals surface area contributed by atoms with Crippen LogP contribution < -0.4 is 16.0 Å². The number of piperidine rings is 1. The van der Waals surface area contributed by atoms with Crippen molar-refractivity contribution in [1.82, 2.24) is 9.78 Å². The molecule has 8 heteroatoms. The van der Waals surface area contributed by atoms with Crippen molar-refractivity contribution < 1.29 is 14.0 Å². The minimum absolute atomic E-state index is 0.314. The first kappa shape index (κ1) is 23.2. The van der Waals surface area contributed by atoms with E-state index < -0.39 is 5.91 Å². The number of hydrogen-bond acceptors (Lipinski definition) is 4. The van der Waals surface area contributed by atoms with E-state index >= 15 is 0 Å². The summed E-state index contributed by atoms with van der Waals surface area (Å²) in [7, 11) is 0. The summed E-state index contributed by atoms with van der Waals surface area (Å²) in [4.78, 5) is 26.8. The molecule has 0 atom stereocenters. The van der Waals surface area contributed by atoms with Gasteiger partial charge in [-0.15, -0.1) is 0 Å². The molecule has 0 saturated carbocycles. The van der Waals surface area contributed by atoms with Gasteiger partial charge in [0, 0.05) is 36.0 Å². The molecule has 2 amide bonds. The van der Waals surface area contributed by atoms with E-state index in [9.17, 15) is 14.0 Å². The zero-order valence-electron chi connectivity index (χ0n) is 19.3. The van der Waals surface area contributed by atoms with Crippen LogP contribution in [0.1, 0.15) is 46.6 Å². The maximum Gasteiger partial charge on any atom is 0.248 e. The average molecular weight is 462 g/mol. The minimum Gasteiger partial charge on any atom is -0.370 e. The molecule has 0 radical (unpaired) electrons. The van der Waals surface area contributed by atoms with Crippen LogP contribution in [-0.4, -0.2) is 34.7 Å². The van der Waals surface area contributed by atoms with Gasteiger partial charge in [-0.1, -0.05) is 0 Å². The van der Waals surface area contributed by atoms with Gasteiger partial charge in [0.2, 0.25) is 11.8 Å². The molecule has 1 aromatic heterocycles. The number of primary amides is 1. The molecule has 1 saturated heterocycles. The molecule has 0 unspecified atom stereocenters. The fourth-order valence-electron chi connectivity index (χ4n) is 4.26. The molecule has 1 aliphatic rings. The average Bonchev–Trinajstić information content (AvgIpc) is 3.11. The van der Waals surface area contributed by atoms with E-state index in [1.165, 1.54) is 24.6 Å². The summed E-state index contributed by atoms with van der Waals surface area (Å²) in [5.41, 5.74) is 10.4. The van der Waals surface area contributed by atoms with E-state index in [0.717, 1.165) is 54.3 Å². The predicted molar refractivity (Wildman–Crippen MR) is 132 cm³/mol. The second-order valence-electron chi connectivity index (χ2n) is 8.44. The van der Waals surface area contributed by atoms with Gasteiger partial charge in [-0.2, -0.15) is 5.10 Å². The molecule has 0 aliphatic carbocycles. The third-order valence-corrected chi connectivity index (χ3v) is 6.06. The molecule has 176 valence electrons. The molecule has 0 spiro atoms. The fraction of sp³-hybridized carbons (Fsp3) is 0.269. The van der Waals surface area contributed by atoms with Gasteiger partial charge in [-0.3, -0.25) is 9.59 Å². The van der Waals surface area contributed by atoms with Crippen LogP contribution in [0, 0.1) is 19.7 Å². The molecule has 3 N–H and O–H groups in total. The van der Waals surface area contributed by atoms with Gasteiger partial charge in [0.25, 0.3) is 0 Å². The summed E-state index contributed by atoms with van der Waals surface area (Å²) in [5, 5.41) is 7.44. The number of aryl methyl sites for hydroxylation is 1. The van der Waals surface area contributed by atoms with Crippen LogP contribution in [0.4, 0.5) is 15.8 Å². The van der Waals surface area contributed by atoms with E-state index in [1.807, 2.05) is 19.9 Å². The normalized spacial score (nSPS) is 13.9. The van der Waals surface area contributed by atoms with Crippen molar-refractivity contribution >= 4 is 29.3 Å². The van der Waals surface area contributed by atoms with Crippen LogP contribution in [0.5, 0.6) is 0 Å². The summed E-state index contributed by atoms with van der Waals surface area (Å²) in [5.74, 6) is -1.18. The second-order valence-corrected chi connectivity index (χ2v) is 8.44. The molecule has 3 aromatic rings. The van der Waals surface area contributed by atoms with Crippen molar-refractivity contribution in [3.63, 3.8) is 0 Å².